The molecule has 0 saturated heterocycles. The Morgan fingerprint density at radius 2 is 1.85 bits per heavy atom. The molecule has 176 valence electrons. The molecule has 6 nitrogen and oxygen atoms in total. The number of amides is 1. The van der Waals surface area contributed by atoms with Gasteiger partial charge in [-0.05, 0) is 49.7 Å². The molecule has 0 atom stereocenters. The van der Waals surface area contributed by atoms with E-state index in [4.69, 9.17) is 27.9 Å². The van der Waals surface area contributed by atoms with Crippen LogP contribution in [0.1, 0.15) is 22.5 Å². The van der Waals surface area contributed by atoms with Crippen LogP contribution in [0, 0.1) is 13.8 Å². The summed E-state index contributed by atoms with van der Waals surface area (Å²) in [7, 11) is 3.04. The summed E-state index contributed by atoms with van der Waals surface area (Å²) in [5.74, 6) is -0.0174. The first kappa shape index (κ1) is 24.8. The summed E-state index contributed by atoms with van der Waals surface area (Å²) in [6.07, 6.45) is 0.152. The van der Waals surface area contributed by atoms with Gasteiger partial charge in [0, 0.05) is 24.8 Å². The van der Waals surface area contributed by atoms with Crippen molar-refractivity contribution in [2.24, 2.45) is 0 Å². The van der Waals surface area contributed by atoms with Crippen molar-refractivity contribution in [1.29, 1.82) is 0 Å². The van der Waals surface area contributed by atoms with Crippen molar-refractivity contribution in [1.82, 2.24) is 14.7 Å². The van der Waals surface area contributed by atoms with Crippen LogP contribution in [0.3, 0.4) is 0 Å². The van der Waals surface area contributed by atoms with Gasteiger partial charge >= 0.3 is 6.61 Å². The fourth-order valence-corrected chi connectivity index (χ4v) is 3.74. The standard InChI is InChI=1S/C23H23Cl2F2N3O3/c1-13-17(14(2)30(28-13)16-6-7-18(24)19(25)10-16)11-22(31)29(3)12-15-5-8-20(33-23(26)27)21(9-15)32-4/h5-10,23H,11-12H2,1-4H3. The summed E-state index contributed by atoms with van der Waals surface area (Å²) in [4.78, 5) is 14.5. The van der Waals surface area contributed by atoms with Gasteiger partial charge in [0.25, 0.3) is 0 Å². The number of alkyl halides is 2. The van der Waals surface area contributed by atoms with Gasteiger partial charge in [-0.25, -0.2) is 4.68 Å². The normalized spacial score (nSPS) is 11.1. The number of halogens is 4. The first-order chi connectivity index (χ1) is 15.6. The van der Waals surface area contributed by atoms with Crippen LogP contribution in [-0.2, 0) is 17.8 Å². The number of aromatic nitrogens is 2. The van der Waals surface area contributed by atoms with E-state index >= 15 is 0 Å². The highest BCUT2D eigenvalue weighted by atomic mass is 35.5. The van der Waals surface area contributed by atoms with E-state index in [0.29, 0.717) is 15.6 Å². The predicted octanol–water partition coefficient (Wildman–Crippen LogP) is 5.61. The zero-order valence-electron chi connectivity index (χ0n) is 18.5. The molecule has 0 unspecified atom stereocenters. The van der Waals surface area contributed by atoms with Crippen molar-refractivity contribution in [3.63, 3.8) is 0 Å². The number of likely N-dealkylation sites (N-methyl/N-ethyl adjacent to an activating group) is 1. The van der Waals surface area contributed by atoms with Crippen molar-refractivity contribution >= 4 is 29.1 Å². The number of ether oxygens (including phenoxy) is 2. The van der Waals surface area contributed by atoms with Gasteiger partial charge in [0.15, 0.2) is 11.5 Å². The van der Waals surface area contributed by atoms with Gasteiger partial charge in [-0.15, -0.1) is 0 Å². The third-order valence-electron chi connectivity index (χ3n) is 5.21. The van der Waals surface area contributed by atoms with Crippen molar-refractivity contribution in [2.75, 3.05) is 14.2 Å². The van der Waals surface area contributed by atoms with Crippen LogP contribution in [0.25, 0.3) is 5.69 Å². The highest BCUT2D eigenvalue weighted by molar-refractivity contribution is 6.42. The minimum atomic E-state index is -2.95. The second-order valence-corrected chi connectivity index (χ2v) is 8.26. The van der Waals surface area contributed by atoms with Crippen molar-refractivity contribution in [2.45, 2.75) is 33.4 Å². The number of benzene rings is 2. The molecule has 0 radical (unpaired) electrons. The maximum absolute atomic E-state index is 12.9. The molecule has 1 heterocycles. The lowest BCUT2D eigenvalue weighted by Crippen LogP contribution is -2.28. The molecule has 0 bridgehead atoms. The molecule has 0 N–H and O–H groups in total. The molecule has 0 saturated carbocycles. The molecule has 0 spiro atoms. The molecule has 0 aliphatic rings. The van der Waals surface area contributed by atoms with Gasteiger partial charge in [-0.1, -0.05) is 29.3 Å². The Balaban J connectivity index is 1.75. The van der Waals surface area contributed by atoms with Gasteiger partial charge < -0.3 is 14.4 Å². The first-order valence-electron chi connectivity index (χ1n) is 9.97. The van der Waals surface area contributed by atoms with E-state index < -0.39 is 6.61 Å². The Labute approximate surface area is 200 Å². The Kier molecular flexibility index (Phi) is 7.81. The van der Waals surface area contributed by atoms with Gasteiger partial charge in [-0.2, -0.15) is 13.9 Å². The van der Waals surface area contributed by atoms with Crippen molar-refractivity contribution in [3.05, 3.63) is 69.0 Å². The van der Waals surface area contributed by atoms with E-state index in [0.717, 1.165) is 22.6 Å². The summed E-state index contributed by atoms with van der Waals surface area (Å²) >= 11 is 12.1. The molecular formula is C23H23Cl2F2N3O3. The van der Waals surface area contributed by atoms with Gasteiger partial charge in [-0.3, -0.25) is 4.79 Å². The highest BCUT2D eigenvalue weighted by Gasteiger charge is 2.19. The van der Waals surface area contributed by atoms with E-state index in [1.807, 2.05) is 13.8 Å². The minimum absolute atomic E-state index is 0.0637. The van der Waals surface area contributed by atoms with Gasteiger partial charge in [0.05, 0.1) is 35.0 Å². The lowest BCUT2D eigenvalue weighted by atomic mass is 10.1. The summed E-state index contributed by atoms with van der Waals surface area (Å²) < 4.78 is 36.3. The molecule has 2 aromatic carbocycles. The lowest BCUT2D eigenvalue weighted by Gasteiger charge is -2.19. The first-order valence-corrected chi connectivity index (χ1v) is 10.7. The topological polar surface area (TPSA) is 56.6 Å². The number of nitrogens with zero attached hydrogens (tertiary/aromatic N) is 3. The SMILES string of the molecule is COc1cc(CN(C)C(=O)Cc2c(C)nn(-c3ccc(Cl)c(Cl)c3)c2C)ccc1OC(F)F. The molecule has 33 heavy (non-hydrogen) atoms. The van der Waals surface area contributed by atoms with Gasteiger partial charge in [0.1, 0.15) is 0 Å². The van der Waals surface area contributed by atoms with Crippen LogP contribution in [-0.4, -0.2) is 41.4 Å². The number of rotatable bonds is 8. The number of carbonyl (C=O) groups is 1. The average Bonchev–Trinajstić information content (AvgIpc) is 3.04. The Morgan fingerprint density at radius 3 is 2.48 bits per heavy atom. The number of carbonyl (C=O) groups excluding carboxylic acids is 1. The molecule has 0 fully saturated rings. The summed E-state index contributed by atoms with van der Waals surface area (Å²) in [6.45, 7) is 1.04. The molecule has 3 rings (SSSR count). The number of methoxy groups -OCH3 is 1. The third kappa shape index (κ3) is 5.75. The molecule has 1 aromatic heterocycles. The number of hydrogen-bond acceptors (Lipinski definition) is 4. The molecule has 0 aliphatic heterocycles. The third-order valence-corrected chi connectivity index (χ3v) is 5.95. The summed E-state index contributed by atoms with van der Waals surface area (Å²) in [5, 5.41) is 5.42. The van der Waals surface area contributed by atoms with Crippen LogP contribution in [0.15, 0.2) is 36.4 Å². The monoisotopic (exact) mass is 497 g/mol. The minimum Gasteiger partial charge on any atom is -0.493 e. The van der Waals surface area contributed by atoms with E-state index in [9.17, 15) is 13.6 Å². The largest absolute Gasteiger partial charge is 0.493 e. The smallest absolute Gasteiger partial charge is 0.387 e. The molecule has 0 aliphatic carbocycles. The average molecular weight is 498 g/mol. The van der Waals surface area contributed by atoms with E-state index in [-0.39, 0.29) is 30.4 Å². The predicted molar refractivity (Wildman–Crippen MR) is 123 cm³/mol. The molecule has 10 heteroatoms. The Bertz CT molecular complexity index is 1170. The molecular weight excluding hydrogens is 475 g/mol. The van der Waals surface area contributed by atoms with Crippen molar-refractivity contribution < 1.29 is 23.0 Å². The van der Waals surface area contributed by atoms with Crippen molar-refractivity contribution in [3.8, 4) is 17.2 Å². The molecule has 1 amide bonds. The number of aryl methyl sites for hydroxylation is 1. The maximum Gasteiger partial charge on any atom is 0.387 e. The van der Waals surface area contributed by atoms with Crippen LogP contribution < -0.4 is 9.47 Å². The van der Waals surface area contributed by atoms with Crippen LogP contribution >= 0.6 is 23.2 Å². The van der Waals surface area contributed by atoms with Crippen LogP contribution in [0.5, 0.6) is 11.5 Å². The Hall–Kier alpha value is -2.84. The quantitative estimate of drug-likeness (QED) is 0.406. The van der Waals surface area contributed by atoms with Gasteiger partial charge in [0.2, 0.25) is 5.91 Å². The van der Waals surface area contributed by atoms with E-state index in [2.05, 4.69) is 9.84 Å². The fourth-order valence-electron chi connectivity index (χ4n) is 3.45. The lowest BCUT2D eigenvalue weighted by molar-refractivity contribution is -0.129. The van der Waals surface area contributed by atoms with E-state index in [1.165, 1.54) is 13.2 Å². The van der Waals surface area contributed by atoms with Crippen LogP contribution in [0.4, 0.5) is 8.78 Å². The molecule has 3 aromatic rings. The second kappa shape index (κ2) is 10.4. The Morgan fingerprint density at radius 1 is 1.12 bits per heavy atom. The van der Waals surface area contributed by atoms with Crippen LogP contribution in [0.2, 0.25) is 10.0 Å². The number of hydrogen-bond donors (Lipinski definition) is 0. The highest BCUT2D eigenvalue weighted by Crippen LogP contribution is 2.30. The summed E-state index contributed by atoms with van der Waals surface area (Å²) in [6, 6.07) is 9.80. The zero-order valence-corrected chi connectivity index (χ0v) is 20.0. The summed E-state index contributed by atoms with van der Waals surface area (Å²) in [5.41, 5.74) is 3.83. The zero-order chi connectivity index (χ0) is 24.3. The van der Waals surface area contributed by atoms with E-state index in [1.54, 1.807) is 47.0 Å². The maximum atomic E-state index is 12.9. The second-order valence-electron chi connectivity index (χ2n) is 7.45. The fraction of sp³-hybridized carbons (Fsp3) is 0.304.